The van der Waals surface area contributed by atoms with Crippen molar-refractivity contribution in [2.45, 2.75) is 26.3 Å². The summed E-state index contributed by atoms with van der Waals surface area (Å²) < 4.78 is 18.7. The molecular weight excluding hydrogens is 263 g/mol. The highest BCUT2D eigenvalue weighted by Gasteiger charge is 2.14. The van der Waals surface area contributed by atoms with Crippen molar-refractivity contribution in [2.24, 2.45) is 0 Å². The zero-order chi connectivity index (χ0) is 15.3. The van der Waals surface area contributed by atoms with Crippen LogP contribution in [0.4, 0.5) is 10.1 Å². The molecule has 0 spiro atoms. The maximum Gasteiger partial charge on any atom is 0.305 e. The Balaban J connectivity index is 2.52. The lowest BCUT2D eigenvalue weighted by molar-refractivity contribution is -0.387. The maximum atomic E-state index is 13.4. The molecule has 0 bridgehead atoms. The lowest BCUT2D eigenvalue weighted by Gasteiger charge is -2.21. The Morgan fingerprint density at radius 1 is 1.50 bits per heavy atom. The second kappa shape index (κ2) is 6.47. The van der Waals surface area contributed by atoms with Crippen molar-refractivity contribution in [2.75, 3.05) is 13.2 Å². The number of halogens is 1. The third-order valence-corrected chi connectivity index (χ3v) is 2.43. The summed E-state index contributed by atoms with van der Waals surface area (Å²) in [7, 11) is 0. The van der Waals surface area contributed by atoms with E-state index in [1.165, 1.54) is 6.07 Å². The molecular formula is C14H19FN2O3. The number of rotatable bonds is 6. The van der Waals surface area contributed by atoms with E-state index in [0.717, 1.165) is 17.7 Å². The van der Waals surface area contributed by atoms with E-state index in [0.29, 0.717) is 6.54 Å². The fraction of sp³-hybridized carbons (Fsp3) is 0.429. The molecule has 0 unspecified atom stereocenters. The van der Waals surface area contributed by atoms with Gasteiger partial charge in [-0.05, 0) is 32.4 Å². The van der Waals surface area contributed by atoms with Gasteiger partial charge in [-0.1, -0.05) is 6.58 Å². The van der Waals surface area contributed by atoms with Gasteiger partial charge >= 0.3 is 5.69 Å². The number of benzene rings is 1. The Morgan fingerprint density at radius 3 is 2.65 bits per heavy atom. The summed E-state index contributed by atoms with van der Waals surface area (Å²) in [6.45, 7) is 10.8. The van der Waals surface area contributed by atoms with Crippen LogP contribution in [0.15, 0.2) is 30.4 Å². The number of nitro groups is 1. The van der Waals surface area contributed by atoms with Crippen LogP contribution >= 0.6 is 0 Å². The van der Waals surface area contributed by atoms with Gasteiger partial charge < -0.3 is 10.1 Å². The Kier molecular flexibility index (Phi) is 5.21. The Bertz CT molecular complexity index is 510. The van der Waals surface area contributed by atoms with Gasteiger partial charge in [0.2, 0.25) is 5.82 Å². The average Bonchev–Trinajstić information content (AvgIpc) is 2.32. The highest BCUT2D eigenvalue weighted by molar-refractivity contribution is 5.38. The van der Waals surface area contributed by atoms with Crippen LogP contribution in [0.25, 0.3) is 0 Å². The van der Waals surface area contributed by atoms with E-state index in [1.54, 1.807) is 0 Å². The van der Waals surface area contributed by atoms with Crippen LogP contribution in [0.3, 0.4) is 0 Å². The summed E-state index contributed by atoms with van der Waals surface area (Å²) in [4.78, 5) is 9.71. The smallest absolute Gasteiger partial charge is 0.305 e. The fourth-order valence-electron chi connectivity index (χ4n) is 1.35. The first-order chi connectivity index (χ1) is 9.19. The molecule has 0 heterocycles. The van der Waals surface area contributed by atoms with Crippen LogP contribution in [0.1, 0.15) is 20.8 Å². The molecule has 0 aromatic heterocycles. The van der Waals surface area contributed by atoms with Crippen LogP contribution in [0.5, 0.6) is 5.75 Å². The Morgan fingerprint density at radius 2 is 2.15 bits per heavy atom. The number of ether oxygens (including phenoxy) is 1. The quantitative estimate of drug-likeness (QED) is 0.495. The maximum absolute atomic E-state index is 13.4. The number of hydrogen-bond acceptors (Lipinski definition) is 4. The first-order valence-corrected chi connectivity index (χ1v) is 6.17. The number of nitrogens with one attached hydrogen (secondary N) is 1. The van der Waals surface area contributed by atoms with Crippen molar-refractivity contribution in [1.82, 2.24) is 5.32 Å². The molecule has 0 fully saturated rings. The van der Waals surface area contributed by atoms with Crippen LogP contribution in [0.2, 0.25) is 0 Å². The van der Waals surface area contributed by atoms with Gasteiger partial charge in [0.1, 0.15) is 12.4 Å². The molecule has 0 saturated carbocycles. The minimum absolute atomic E-state index is 0.0254. The Hall–Kier alpha value is -1.95. The van der Waals surface area contributed by atoms with Crippen molar-refractivity contribution >= 4 is 5.69 Å². The summed E-state index contributed by atoms with van der Waals surface area (Å²) in [6.07, 6.45) is 0. The van der Waals surface area contributed by atoms with E-state index in [2.05, 4.69) is 11.9 Å². The van der Waals surface area contributed by atoms with E-state index in [9.17, 15) is 14.5 Å². The van der Waals surface area contributed by atoms with Crippen LogP contribution in [-0.2, 0) is 0 Å². The van der Waals surface area contributed by atoms with Gasteiger partial charge in [0.05, 0.1) is 4.92 Å². The predicted molar refractivity (Wildman–Crippen MR) is 75.4 cm³/mol. The molecule has 1 N–H and O–H groups in total. The SMILES string of the molecule is C=C(CNC(C)(C)C)COc1ccc([N+](=O)[O-])c(F)c1. The minimum Gasteiger partial charge on any atom is -0.489 e. The normalized spacial score (nSPS) is 11.2. The van der Waals surface area contributed by atoms with Crippen LogP contribution in [0, 0.1) is 15.9 Å². The first-order valence-electron chi connectivity index (χ1n) is 6.17. The lowest BCUT2D eigenvalue weighted by Crippen LogP contribution is -2.37. The molecule has 6 heteroatoms. The van der Waals surface area contributed by atoms with Gasteiger partial charge in [-0.2, -0.15) is 4.39 Å². The third-order valence-electron chi connectivity index (χ3n) is 2.43. The fourth-order valence-corrected chi connectivity index (χ4v) is 1.35. The minimum atomic E-state index is -0.911. The molecule has 1 aromatic carbocycles. The third kappa shape index (κ3) is 5.36. The highest BCUT2D eigenvalue weighted by Crippen LogP contribution is 2.22. The molecule has 1 rings (SSSR count). The zero-order valence-corrected chi connectivity index (χ0v) is 11.9. The molecule has 0 atom stereocenters. The number of nitrogens with zero attached hydrogens (tertiary/aromatic N) is 1. The van der Waals surface area contributed by atoms with E-state index in [1.807, 2.05) is 20.8 Å². The van der Waals surface area contributed by atoms with Crippen molar-refractivity contribution in [3.05, 3.63) is 46.3 Å². The van der Waals surface area contributed by atoms with Gasteiger partial charge in [-0.15, -0.1) is 0 Å². The van der Waals surface area contributed by atoms with Crippen molar-refractivity contribution in [3.63, 3.8) is 0 Å². The summed E-state index contributed by atoms with van der Waals surface area (Å²) in [5.74, 6) is -0.670. The van der Waals surface area contributed by atoms with E-state index < -0.39 is 16.4 Å². The first kappa shape index (κ1) is 16.1. The standard InChI is InChI=1S/C14H19FN2O3/c1-10(8-16-14(2,3)4)9-20-11-5-6-13(17(18)19)12(15)7-11/h5-7,16H,1,8-9H2,2-4H3. The van der Waals surface area contributed by atoms with Crippen molar-refractivity contribution in [1.29, 1.82) is 0 Å². The van der Waals surface area contributed by atoms with Crippen LogP contribution in [-0.4, -0.2) is 23.6 Å². The summed E-state index contributed by atoms with van der Waals surface area (Å²) in [6, 6.07) is 3.45. The molecule has 20 heavy (non-hydrogen) atoms. The molecule has 0 aliphatic heterocycles. The van der Waals surface area contributed by atoms with Gasteiger partial charge in [0.15, 0.2) is 0 Å². The van der Waals surface area contributed by atoms with E-state index >= 15 is 0 Å². The van der Waals surface area contributed by atoms with Gasteiger partial charge in [-0.3, -0.25) is 10.1 Å². The molecule has 0 saturated heterocycles. The molecule has 110 valence electrons. The topological polar surface area (TPSA) is 64.4 Å². The average molecular weight is 282 g/mol. The molecule has 1 aromatic rings. The predicted octanol–water partition coefficient (Wildman–Crippen LogP) is 3.06. The van der Waals surface area contributed by atoms with Crippen molar-refractivity contribution in [3.8, 4) is 5.75 Å². The zero-order valence-electron chi connectivity index (χ0n) is 11.9. The molecule has 0 radical (unpaired) electrons. The monoisotopic (exact) mass is 282 g/mol. The van der Waals surface area contributed by atoms with E-state index in [-0.39, 0.29) is 17.9 Å². The largest absolute Gasteiger partial charge is 0.489 e. The highest BCUT2D eigenvalue weighted by atomic mass is 19.1. The second-order valence-electron chi connectivity index (χ2n) is 5.51. The molecule has 0 amide bonds. The van der Waals surface area contributed by atoms with Crippen molar-refractivity contribution < 1.29 is 14.1 Å². The van der Waals surface area contributed by atoms with Gasteiger partial charge in [-0.25, -0.2) is 0 Å². The number of nitro benzene ring substituents is 1. The second-order valence-corrected chi connectivity index (χ2v) is 5.51. The molecule has 0 aliphatic carbocycles. The Labute approximate surface area is 117 Å². The van der Waals surface area contributed by atoms with E-state index in [4.69, 9.17) is 4.74 Å². The summed E-state index contributed by atoms with van der Waals surface area (Å²) in [5.41, 5.74) is 0.215. The molecule has 0 aliphatic rings. The summed E-state index contributed by atoms with van der Waals surface area (Å²) in [5, 5.41) is 13.7. The number of hydrogen-bond donors (Lipinski definition) is 1. The van der Waals surface area contributed by atoms with Crippen LogP contribution < -0.4 is 10.1 Å². The molecule has 5 nitrogen and oxygen atoms in total. The lowest BCUT2D eigenvalue weighted by atomic mass is 10.1. The summed E-state index contributed by atoms with van der Waals surface area (Å²) >= 11 is 0. The van der Waals surface area contributed by atoms with Gasteiger partial charge in [0.25, 0.3) is 0 Å². The van der Waals surface area contributed by atoms with Gasteiger partial charge in [0, 0.05) is 24.2 Å².